The summed E-state index contributed by atoms with van der Waals surface area (Å²) in [5.74, 6) is 0.755. The van der Waals surface area contributed by atoms with Crippen LogP contribution in [-0.4, -0.2) is 0 Å². The zero-order valence-electron chi connectivity index (χ0n) is 9.22. The Hall–Kier alpha value is -0.780. The lowest BCUT2D eigenvalue weighted by molar-refractivity contribution is 0.644. The highest BCUT2D eigenvalue weighted by molar-refractivity contribution is 5.34. The van der Waals surface area contributed by atoms with Gasteiger partial charge in [0.25, 0.3) is 0 Å². The van der Waals surface area contributed by atoms with Crippen molar-refractivity contribution >= 4 is 0 Å². The van der Waals surface area contributed by atoms with Gasteiger partial charge in [0.05, 0.1) is 0 Å². The topological polar surface area (TPSA) is 0 Å². The summed E-state index contributed by atoms with van der Waals surface area (Å²) in [5.41, 5.74) is 4.52. The van der Waals surface area contributed by atoms with Crippen molar-refractivity contribution in [3.63, 3.8) is 0 Å². The van der Waals surface area contributed by atoms with E-state index < -0.39 is 0 Å². The standard InChI is InChI=1S/C13H20/c1-5-12-7-6-8-13(11(12)4)9-10(2)3/h6-8,10H,5,9H2,1-4H3. The molecule has 72 valence electrons. The van der Waals surface area contributed by atoms with Crippen molar-refractivity contribution in [3.8, 4) is 0 Å². The van der Waals surface area contributed by atoms with Gasteiger partial charge in [-0.25, -0.2) is 0 Å². The van der Waals surface area contributed by atoms with Crippen molar-refractivity contribution in [1.29, 1.82) is 0 Å². The van der Waals surface area contributed by atoms with Crippen LogP contribution in [0.1, 0.15) is 37.5 Å². The monoisotopic (exact) mass is 176 g/mol. The van der Waals surface area contributed by atoms with Crippen LogP contribution in [0.2, 0.25) is 0 Å². The van der Waals surface area contributed by atoms with Gasteiger partial charge in [0.2, 0.25) is 0 Å². The lowest BCUT2D eigenvalue weighted by Gasteiger charge is -2.11. The van der Waals surface area contributed by atoms with E-state index in [9.17, 15) is 0 Å². The van der Waals surface area contributed by atoms with Gasteiger partial charge in [-0.05, 0) is 42.4 Å². The van der Waals surface area contributed by atoms with E-state index in [1.807, 2.05) is 0 Å². The largest absolute Gasteiger partial charge is 0.0625 e. The molecule has 0 fully saturated rings. The molecule has 0 aromatic heterocycles. The Morgan fingerprint density at radius 2 is 1.77 bits per heavy atom. The molecule has 1 rings (SSSR count). The third kappa shape index (κ3) is 2.58. The van der Waals surface area contributed by atoms with Crippen molar-refractivity contribution in [2.75, 3.05) is 0 Å². The third-order valence-corrected chi connectivity index (χ3v) is 2.57. The van der Waals surface area contributed by atoms with Crippen molar-refractivity contribution < 1.29 is 0 Å². The molecule has 0 nitrogen and oxygen atoms in total. The molecule has 0 heterocycles. The Bertz CT molecular complexity index is 271. The highest BCUT2D eigenvalue weighted by atomic mass is 14.1. The van der Waals surface area contributed by atoms with E-state index in [1.165, 1.54) is 23.1 Å². The smallest absolute Gasteiger partial charge is 0.0253 e. The van der Waals surface area contributed by atoms with Crippen molar-refractivity contribution in [2.24, 2.45) is 5.92 Å². The Balaban J connectivity index is 2.94. The zero-order chi connectivity index (χ0) is 9.84. The molecule has 0 heteroatoms. The zero-order valence-corrected chi connectivity index (χ0v) is 9.22. The van der Waals surface area contributed by atoms with E-state index in [1.54, 1.807) is 0 Å². The molecule has 0 aliphatic carbocycles. The first-order valence-corrected chi connectivity index (χ1v) is 5.22. The Morgan fingerprint density at radius 3 is 2.31 bits per heavy atom. The Labute approximate surface area is 82.0 Å². The van der Waals surface area contributed by atoms with E-state index in [4.69, 9.17) is 0 Å². The van der Waals surface area contributed by atoms with E-state index in [0.717, 1.165) is 12.3 Å². The predicted molar refractivity (Wildman–Crippen MR) is 59.1 cm³/mol. The summed E-state index contributed by atoms with van der Waals surface area (Å²) < 4.78 is 0. The molecule has 0 saturated carbocycles. The minimum atomic E-state index is 0.755. The van der Waals surface area contributed by atoms with E-state index >= 15 is 0 Å². The molecule has 0 aliphatic rings. The summed E-state index contributed by atoms with van der Waals surface area (Å²) in [6.07, 6.45) is 2.36. The Kier molecular flexibility index (Phi) is 3.53. The molecule has 0 aliphatic heterocycles. The van der Waals surface area contributed by atoms with Gasteiger partial charge >= 0.3 is 0 Å². The van der Waals surface area contributed by atoms with Crippen LogP contribution < -0.4 is 0 Å². The predicted octanol–water partition coefficient (Wildman–Crippen LogP) is 3.76. The van der Waals surface area contributed by atoms with Gasteiger partial charge in [0.15, 0.2) is 0 Å². The van der Waals surface area contributed by atoms with Crippen LogP contribution in [0.3, 0.4) is 0 Å². The summed E-state index contributed by atoms with van der Waals surface area (Å²) in [6.45, 7) is 9.02. The first-order chi connectivity index (χ1) is 6.15. The molecule has 0 amide bonds. The molecule has 0 unspecified atom stereocenters. The van der Waals surface area contributed by atoms with Crippen LogP contribution in [0.25, 0.3) is 0 Å². The summed E-state index contributed by atoms with van der Waals surface area (Å²) in [7, 11) is 0. The second-order valence-electron chi connectivity index (χ2n) is 4.15. The Morgan fingerprint density at radius 1 is 1.15 bits per heavy atom. The highest BCUT2D eigenvalue weighted by Crippen LogP contribution is 2.17. The van der Waals surface area contributed by atoms with Gasteiger partial charge in [-0.1, -0.05) is 39.0 Å². The quantitative estimate of drug-likeness (QED) is 0.658. The van der Waals surface area contributed by atoms with Crippen molar-refractivity contribution in [2.45, 2.75) is 40.5 Å². The van der Waals surface area contributed by atoms with E-state index in [2.05, 4.69) is 45.9 Å². The molecule has 0 spiro atoms. The fourth-order valence-electron chi connectivity index (χ4n) is 1.78. The highest BCUT2D eigenvalue weighted by Gasteiger charge is 2.03. The average molecular weight is 176 g/mol. The van der Waals surface area contributed by atoms with Gasteiger partial charge in [-0.3, -0.25) is 0 Å². The fraction of sp³-hybridized carbons (Fsp3) is 0.538. The summed E-state index contributed by atoms with van der Waals surface area (Å²) in [5, 5.41) is 0. The molecule has 1 aromatic carbocycles. The number of hydrogen-bond donors (Lipinski definition) is 0. The molecular weight excluding hydrogens is 156 g/mol. The maximum absolute atomic E-state index is 2.28. The van der Waals surface area contributed by atoms with Crippen LogP contribution in [-0.2, 0) is 12.8 Å². The first kappa shape index (κ1) is 10.3. The molecule has 1 aromatic rings. The summed E-state index contributed by atoms with van der Waals surface area (Å²) in [4.78, 5) is 0. The van der Waals surface area contributed by atoms with Crippen LogP contribution in [0.15, 0.2) is 18.2 Å². The van der Waals surface area contributed by atoms with Gasteiger partial charge < -0.3 is 0 Å². The second-order valence-corrected chi connectivity index (χ2v) is 4.15. The summed E-state index contributed by atoms with van der Waals surface area (Å²) in [6, 6.07) is 6.68. The average Bonchev–Trinajstić information content (AvgIpc) is 2.08. The SMILES string of the molecule is CCc1cccc(CC(C)C)c1C. The first-order valence-electron chi connectivity index (χ1n) is 5.22. The van der Waals surface area contributed by atoms with Gasteiger partial charge in [0, 0.05) is 0 Å². The number of aryl methyl sites for hydroxylation is 1. The van der Waals surface area contributed by atoms with Crippen LogP contribution >= 0.6 is 0 Å². The van der Waals surface area contributed by atoms with E-state index in [0.29, 0.717) is 0 Å². The lowest BCUT2D eigenvalue weighted by atomic mass is 9.94. The summed E-state index contributed by atoms with van der Waals surface area (Å²) >= 11 is 0. The molecule has 0 radical (unpaired) electrons. The maximum atomic E-state index is 2.28. The van der Waals surface area contributed by atoms with Gasteiger partial charge in [-0.15, -0.1) is 0 Å². The van der Waals surface area contributed by atoms with Crippen LogP contribution in [0, 0.1) is 12.8 Å². The van der Waals surface area contributed by atoms with Crippen LogP contribution in [0.5, 0.6) is 0 Å². The minimum Gasteiger partial charge on any atom is -0.0625 e. The number of rotatable bonds is 3. The van der Waals surface area contributed by atoms with Gasteiger partial charge in [-0.2, -0.15) is 0 Å². The second kappa shape index (κ2) is 4.45. The minimum absolute atomic E-state index is 0.755. The maximum Gasteiger partial charge on any atom is -0.0253 e. The van der Waals surface area contributed by atoms with Crippen molar-refractivity contribution in [3.05, 3.63) is 34.9 Å². The van der Waals surface area contributed by atoms with E-state index in [-0.39, 0.29) is 0 Å². The third-order valence-electron chi connectivity index (χ3n) is 2.57. The molecule has 0 N–H and O–H groups in total. The normalized spacial score (nSPS) is 10.8. The fourth-order valence-corrected chi connectivity index (χ4v) is 1.78. The number of benzene rings is 1. The molecule has 0 saturated heterocycles. The lowest BCUT2D eigenvalue weighted by Crippen LogP contribution is -1.99. The molecule has 0 atom stereocenters. The van der Waals surface area contributed by atoms with Gasteiger partial charge in [0.1, 0.15) is 0 Å². The molecule has 13 heavy (non-hydrogen) atoms. The van der Waals surface area contributed by atoms with Crippen LogP contribution in [0.4, 0.5) is 0 Å². The molecule has 0 bridgehead atoms. The van der Waals surface area contributed by atoms with Crippen molar-refractivity contribution in [1.82, 2.24) is 0 Å². The number of hydrogen-bond acceptors (Lipinski definition) is 0. The molecular formula is C13H20.